The number of anilines is 1. The fourth-order valence-corrected chi connectivity index (χ4v) is 7.22. The predicted octanol–water partition coefficient (Wildman–Crippen LogP) is 7.72. The van der Waals surface area contributed by atoms with Gasteiger partial charge in [0.25, 0.3) is 10.0 Å². The largest absolute Gasteiger partial charge is 0.495 e. The average molecular weight is 731 g/mol. The molecule has 0 saturated heterocycles. The van der Waals surface area contributed by atoms with Crippen molar-refractivity contribution in [3.8, 4) is 5.75 Å². The molecule has 0 aliphatic carbocycles. The smallest absolute Gasteiger partial charge is 0.264 e. The third kappa shape index (κ3) is 9.23. The lowest BCUT2D eigenvalue weighted by molar-refractivity contribution is -0.140. The van der Waals surface area contributed by atoms with Crippen LogP contribution in [0.1, 0.15) is 36.5 Å². The Balaban J connectivity index is 1.87. The maximum atomic E-state index is 14.7. The molecule has 4 aromatic carbocycles. The third-order valence-electron chi connectivity index (χ3n) is 7.79. The van der Waals surface area contributed by atoms with Gasteiger partial charge in [-0.05, 0) is 61.4 Å². The summed E-state index contributed by atoms with van der Waals surface area (Å²) in [6.07, 6.45) is 1.75. The van der Waals surface area contributed by atoms with Crippen molar-refractivity contribution in [3.05, 3.63) is 123 Å². The van der Waals surface area contributed by atoms with Crippen molar-refractivity contribution < 1.29 is 22.7 Å². The molecule has 8 nitrogen and oxygen atoms in total. The van der Waals surface area contributed by atoms with E-state index in [0.29, 0.717) is 22.2 Å². The van der Waals surface area contributed by atoms with Crippen LogP contribution in [0.15, 0.2) is 95.9 Å². The average Bonchev–Trinajstić information content (AvgIpc) is 3.07. The fourth-order valence-electron chi connectivity index (χ4n) is 5.12. The molecule has 12 heteroatoms. The summed E-state index contributed by atoms with van der Waals surface area (Å²) in [5.41, 5.74) is 2.14. The summed E-state index contributed by atoms with van der Waals surface area (Å²) < 4.78 is 35.2. The molecule has 1 unspecified atom stereocenters. The monoisotopic (exact) mass is 729 g/mol. The summed E-state index contributed by atoms with van der Waals surface area (Å²) >= 11 is 19.5. The number of hydrogen-bond acceptors (Lipinski definition) is 5. The van der Waals surface area contributed by atoms with Gasteiger partial charge in [-0.2, -0.15) is 0 Å². The number of benzene rings is 4. The number of hydrogen-bond donors (Lipinski definition) is 1. The first kappa shape index (κ1) is 37.1. The van der Waals surface area contributed by atoms with Crippen LogP contribution in [0.5, 0.6) is 5.75 Å². The lowest BCUT2D eigenvalue weighted by Gasteiger charge is -2.34. The van der Waals surface area contributed by atoms with Crippen molar-refractivity contribution in [2.75, 3.05) is 24.5 Å². The number of rotatable bonds is 15. The highest BCUT2D eigenvalue weighted by atomic mass is 35.5. The van der Waals surface area contributed by atoms with Gasteiger partial charge >= 0.3 is 0 Å². The van der Waals surface area contributed by atoms with Crippen LogP contribution in [0.25, 0.3) is 0 Å². The van der Waals surface area contributed by atoms with Gasteiger partial charge in [0.2, 0.25) is 11.8 Å². The zero-order chi connectivity index (χ0) is 34.8. The molecule has 0 aliphatic rings. The summed E-state index contributed by atoms with van der Waals surface area (Å²) in [7, 11) is -2.97. The zero-order valence-corrected chi connectivity index (χ0v) is 30.0. The number of nitrogens with zero attached hydrogens (tertiary/aromatic N) is 2. The van der Waals surface area contributed by atoms with Crippen molar-refractivity contribution in [1.29, 1.82) is 0 Å². The minimum Gasteiger partial charge on any atom is -0.495 e. The van der Waals surface area contributed by atoms with Crippen LogP contribution in [-0.4, -0.2) is 51.4 Å². The Bertz CT molecular complexity index is 1800. The van der Waals surface area contributed by atoms with Gasteiger partial charge in [0.1, 0.15) is 18.3 Å². The quantitative estimate of drug-likeness (QED) is 0.127. The molecule has 0 aliphatic heterocycles. The maximum absolute atomic E-state index is 14.7. The van der Waals surface area contributed by atoms with E-state index in [9.17, 15) is 18.0 Å². The van der Waals surface area contributed by atoms with E-state index < -0.39 is 34.4 Å². The van der Waals surface area contributed by atoms with Crippen LogP contribution in [0.3, 0.4) is 0 Å². The first-order chi connectivity index (χ1) is 23.0. The molecule has 4 aromatic rings. The summed E-state index contributed by atoms with van der Waals surface area (Å²) in [4.78, 5) is 30.0. The van der Waals surface area contributed by atoms with Crippen molar-refractivity contribution >= 4 is 62.3 Å². The van der Waals surface area contributed by atoms with Crippen molar-refractivity contribution in [2.24, 2.45) is 0 Å². The van der Waals surface area contributed by atoms with Crippen LogP contribution >= 0.6 is 34.8 Å². The highest BCUT2D eigenvalue weighted by Crippen LogP contribution is 2.35. The molecule has 0 aromatic heterocycles. The number of unbranched alkanes of at least 4 members (excludes halogenated alkanes) is 1. The normalized spacial score (nSPS) is 11.9. The van der Waals surface area contributed by atoms with Gasteiger partial charge < -0.3 is 15.0 Å². The van der Waals surface area contributed by atoms with E-state index in [1.807, 2.05) is 44.2 Å². The topological polar surface area (TPSA) is 96.0 Å². The van der Waals surface area contributed by atoms with Crippen LogP contribution in [0, 0.1) is 6.92 Å². The van der Waals surface area contributed by atoms with Crippen LogP contribution in [0.4, 0.5) is 5.69 Å². The Morgan fingerprint density at radius 2 is 1.56 bits per heavy atom. The van der Waals surface area contributed by atoms with Gasteiger partial charge in [-0.3, -0.25) is 13.9 Å². The molecule has 0 saturated carbocycles. The lowest BCUT2D eigenvalue weighted by Crippen LogP contribution is -2.53. The first-order valence-electron chi connectivity index (χ1n) is 15.4. The van der Waals surface area contributed by atoms with E-state index >= 15 is 0 Å². The molecule has 2 amide bonds. The second-order valence-electron chi connectivity index (χ2n) is 11.2. The highest BCUT2D eigenvalue weighted by molar-refractivity contribution is 7.92. The predicted molar refractivity (Wildman–Crippen MR) is 193 cm³/mol. The molecule has 0 heterocycles. The van der Waals surface area contributed by atoms with E-state index in [-0.39, 0.29) is 34.3 Å². The Hall–Kier alpha value is -3.76. The van der Waals surface area contributed by atoms with Gasteiger partial charge in [0, 0.05) is 40.1 Å². The molecule has 1 N–H and O–H groups in total. The summed E-state index contributed by atoms with van der Waals surface area (Å²) in [5, 5.41) is 3.79. The molecule has 48 heavy (non-hydrogen) atoms. The number of ether oxygens (including phenoxy) is 1. The number of sulfonamides is 1. The van der Waals surface area contributed by atoms with E-state index in [1.54, 1.807) is 36.4 Å². The van der Waals surface area contributed by atoms with Crippen molar-refractivity contribution in [3.63, 3.8) is 0 Å². The molecule has 0 spiro atoms. The fraction of sp³-hybridized carbons (Fsp3) is 0.278. The molecule has 4 rings (SSSR count). The SMILES string of the molecule is CCCCNC(=O)C(Cc1ccccc1)N(Cc1c(Cl)cccc1Cl)C(=O)CN(c1cc(Cl)ccc1OC)S(=O)(=O)c1ccc(C)cc1. The Morgan fingerprint density at radius 3 is 2.19 bits per heavy atom. The molecule has 0 fully saturated rings. The molecule has 0 bridgehead atoms. The van der Waals surface area contributed by atoms with Crippen molar-refractivity contribution in [2.45, 2.75) is 50.6 Å². The Kier molecular flexibility index (Phi) is 13.2. The highest BCUT2D eigenvalue weighted by Gasteiger charge is 2.36. The van der Waals surface area contributed by atoms with Gasteiger partial charge in [0.15, 0.2) is 0 Å². The molecule has 1 atom stereocenters. The standard InChI is InChI=1S/C36H38Cl3N3O5S/c1-4-5-20-40-36(44)33(21-26-10-7-6-8-11-26)41(23-29-30(38)12-9-13-31(29)39)35(43)24-42(32-22-27(37)16-19-34(32)47-3)48(45,46)28-17-14-25(2)15-18-28/h6-19,22,33H,4-5,20-21,23-24H2,1-3H3,(H,40,44). The molecule has 0 radical (unpaired) electrons. The Labute approximate surface area is 297 Å². The van der Waals surface area contributed by atoms with E-state index in [2.05, 4.69) is 5.32 Å². The third-order valence-corrected chi connectivity index (χ3v) is 10.5. The zero-order valence-electron chi connectivity index (χ0n) is 27.0. The number of amides is 2. The molecular formula is C36H38Cl3N3O5S. The number of methoxy groups -OCH3 is 1. The molecular weight excluding hydrogens is 693 g/mol. The van der Waals surface area contributed by atoms with Crippen molar-refractivity contribution in [1.82, 2.24) is 10.2 Å². The molecule has 254 valence electrons. The number of carbonyl (C=O) groups excluding carboxylic acids is 2. The number of halogens is 3. The lowest BCUT2D eigenvalue weighted by atomic mass is 10.0. The van der Waals surface area contributed by atoms with E-state index in [4.69, 9.17) is 39.5 Å². The van der Waals surface area contributed by atoms with Gasteiger partial charge in [-0.25, -0.2) is 8.42 Å². The van der Waals surface area contributed by atoms with Crippen LogP contribution in [0.2, 0.25) is 15.1 Å². The first-order valence-corrected chi connectivity index (χ1v) is 18.0. The van der Waals surface area contributed by atoms with Crippen LogP contribution in [-0.2, 0) is 32.6 Å². The van der Waals surface area contributed by atoms with Gasteiger partial charge in [-0.1, -0.05) is 102 Å². The Morgan fingerprint density at radius 1 is 0.896 bits per heavy atom. The van der Waals surface area contributed by atoms with E-state index in [1.165, 1.54) is 36.3 Å². The summed E-state index contributed by atoms with van der Waals surface area (Å²) in [6.45, 7) is 3.40. The second kappa shape index (κ2) is 17.1. The summed E-state index contributed by atoms with van der Waals surface area (Å²) in [6, 6.07) is 24.0. The number of carbonyl (C=O) groups is 2. The number of nitrogens with one attached hydrogen (secondary N) is 1. The number of aryl methyl sites for hydroxylation is 1. The maximum Gasteiger partial charge on any atom is 0.264 e. The minimum atomic E-state index is -4.37. The summed E-state index contributed by atoms with van der Waals surface area (Å²) in [5.74, 6) is -0.880. The second-order valence-corrected chi connectivity index (χ2v) is 14.3. The van der Waals surface area contributed by atoms with E-state index in [0.717, 1.165) is 28.3 Å². The van der Waals surface area contributed by atoms with Gasteiger partial charge in [0.05, 0.1) is 17.7 Å². The van der Waals surface area contributed by atoms with Crippen LogP contribution < -0.4 is 14.4 Å². The van der Waals surface area contributed by atoms with Gasteiger partial charge in [-0.15, -0.1) is 0 Å². The minimum absolute atomic E-state index is 0.0400.